The molecule has 1 aromatic heterocycles. The number of methoxy groups -OCH3 is 2. The van der Waals surface area contributed by atoms with Crippen molar-refractivity contribution >= 4 is 21.9 Å². The molecule has 0 unspecified atom stereocenters. The SMILES string of the molecule is COc1cccc2oc3c4c(cc(OC)c3c(=O)c12)O[C@@H]1OCC[C@@H]41. The smallest absolute Gasteiger partial charge is 0.208 e. The van der Waals surface area contributed by atoms with Crippen LogP contribution in [0.2, 0.25) is 0 Å². The highest BCUT2D eigenvalue weighted by molar-refractivity contribution is 5.98. The highest BCUT2D eigenvalue weighted by atomic mass is 16.7. The molecule has 3 heterocycles. The summed E-state index contributed by atoms with van der Waals surface area (Å²) in [4.78, 5) is 13.2. The van der Waals surface area contributed by atoms with Crippen LogP contribution in [0.1, 0.15) is 17.9 Å². The highest BCUT2D eigenvalue weighted by Gasteiger charge is 2.42. The third-order valence-corrected chi connectivity index (χ3v) is 4.99. The number of fused-ring (bicyclic) bond motifs is 6. The Kier molecular flexibility index (Phi) is 3.00. The number of ether oxygens (including phenoxy) is 4. The Morgan fingerprint density at radius 3 is 2.76 bits per heavy atom. The minimum Gasteiger partial charge on any atom is -0.496 e. The molecular formula is C19H16O6. The van der Waals surface area contributed by atoms with Crippen LogP contribution >= 0.6 is 0 Å². The van der Waals surface area contributed by atoms with Gasteiger partial charge < -0.3 is 23.4 Å². The van der Waals surface area contributed by atoms with Gasteiger partial charge in [-0.05, 0) is 18.6 Å². The Morgan fingerprint density at radius 2 is 1.96 bits per heavy atom. The van der Waals surface area contributed by atoms with Crippen molar-refractivity contribution in [2.24, 2.45) is 0 Å². The molecule has 6 heteroatoms. The van der Waals surface area contributed by atoms with Crippen LogP contribution in [0.25, 0.3) is 21.9 Å². The zero-order valence-corrected chi connectivity index (χ0v) is 13.8. The van der Waals surface area contributed by atoms with E-state index in [2.05, 4.69) is 0 Å². The van der Waals surface area contributed by atoms with E-state index in [9.17, 15) is 4.79 Å². The zero-order valence-electron chi connectivity index (χ0n) is 13.8. The van der Waals surface area contributed by atoms with E-state index in [1.807, 2.05) is 0 Å². The van der Waals surface area contributed by atoms with Crippen molar-refractivity contribution in [1.82, 2.24) is 0 Å². The fourth-order valence-corrected chi connectivity index (χ4v) is 3.87. The molecule has 128 valence electrons. The molecule has 25 heavy (non-hydrogen) atoms. The van der Waals surface area contributed by atoms with Crippen molar-refractivity contribution in [2.75, 3.05) is 20.8 Å². The summed E-state index contributed by atoms with van der Waals surface area (Å²) in [6, 6.07) is 7.06. The molecule has 3 aromatic rings. The van der Waals surface area contributed by atoms with Gasteiger partial charge in [-0.2, -0.15) is 0 Å². The molecular weight excluding hydrogens is 324 g/mol. The zero-order chi connectivity index (χ0) is 17.1. The lowest BCUT2D eigenvalue weighted by molar-refractivity contribution is -0.0337. The summed E-state index contributed by atoms with van der Waals surface area (Å²) in [5.41, 5.74) is 1.71. The third kappa shape index (κ3) is 1.85. The normalized spacial score (nSPS) is 21.2. The van der Waals surface area contributed by atoms with Crippen molar-refractivity contribution in [3.8, 4) is 17.2 Å². The van der Waals surface area contributed by atoms with Gasteiger partial charge in [-0.25, -0.2) is 0 Å². The molecule has 2 aromatic carbocycles. The van der Waals surface area contributed by atoms with Gasteiger partial charge in [-0.1, -0.05) is 6.07 Å². The fourth-order valence-electron chi connectivity index (χ4n) is 3.87. The van der Waals surface area contributed by atoms with E-state index in [-0.39, 0.29) is 17.6 Å². The first-order valence-corrected chi connectivity index (χ1v) is 8.15. The van der Waals surface area contributed by atoms with Crippen LogP contribution in [0.15, 0.2) is 33.5 Å². The topological polar surface area (TPSA) is 67.1 Å². The maximum Gasteiger partial charge on any atom is 0.208 e. The predicted octanol–water partition coefficient (Wildman–Crippen LogP) is 3.19. The van der Waals surface area contributed by atoms with Crippen molar-refractivity contribution < 1.29 is 23.4 Å². The fraction of sp³-hybridized carbons (Fsp3) is 0.316. The summed E-state index contributed by atoms with van der Waals surface area (Å²) < 4.78 is 28.5. The molecule has 2 aliphatic rings. The van der Waals surface area contributed by atoms with Crippen LogP contribution in [0.3, 0.4) is 0 Å². The standard InChI is InChI=1S/C19H16O6/c1-21-10-4-3-5-11-15(10)17(20)16-12(22-2)8-13-14(18(16)24-11)9-6-7-23-19(9)25-13/h3-5,8-9,19H,6-7H2,1-2H3/t9-,19-/m0/s1. The molecule has 0 aliphatic carbocycles. The minimum atomic E-state index is -0.323. The monoisotopic (exact) mass is 340 g/mol. The number of hydrogen-bond donors (Lipinski definition) is 0. The Labute approximate surface area is 142 Å². The summed E-state index contributed by atoms with van der Waals surface area (Å²) in [7, 11) is 3.06. The van der Waals surface area contributed by atoms with Gasteiger partial charge in [-0.15, -0.1) is 0 Å². The number of rotatable bonds is 2. The Hall–Kier alpha value is -2.73. The number of hydrogen-bond acceptors (Lipinski definition) is 6. The van der Waals surface area contributed by atoms with E-state index < -0.39 is 0 Å². The molecule has 1 saturated heterocycles. The number of benzene rings is 2. The van der Waals surface area contributed by atoms with E-state index in [4.69, 9.17) is 23.4 Å². The lowest BCUT2D eigenvalue weighted by Gasteiger charge is -2.12. The van der Waals surface area contributed by atoms with Gasteiger partial charge in [0, 0.05) is 11.6 Å². The van der Waals surface area contributed by atoms with Crippen LogP contribution in [0.5, 0.6) is 17.2 Å². The molecule has 0 saturated carbocycles. The lowest BCUT2D eigenvalue weighted by atomic mass is 9.95. The van der Waals surface area contributed by atoms with Crippen LogP contribution in [0.4, 0.5) is 0 Å². The Morgan fingerprint density at radius 1 is 1.12 bits per heavy atom. The van der Waals surface area contributed by atoms with Crippen LogP contribution in [-0.2, 0) is 4.74 Å². The molecule has 2 aliphatic heterocycles. The van der Waals surface area contributed by atoms with Crippen LogP contribution in [-0.4, -0.2) is 27.1 Å². The second kappa shape index (κ2) is 5.13. The van der Waals surface area contributed by atoms with Crippen molar-refractivity contribution in [1.29, 1.82) is 0 Å². The third-order valence-electron chi connectivity index (χ3n) is 4.99. The highest BCUT2D eigenvalue weighted by Crippen LogP contribution is 2.50. The average molecular weight is 340 g/mol. The molecule has 5 rings (SSSR count). The van der Waals surface area contributed by atoms with Crippen molar-refractivity contribution in [2.45, 2.75) is 18.6 Å². The second-order valence-corrected chi connectivity index (χ2v) is 6.21. The van der Waals surface area contributed by atoms with Gasteiger partial charge >= 0.3 is 0 Å². The molecule has 6 nitrogen and oxygen atoms in total. The van der Waals surface area contributed by atoms with Crippen molar-refractivity contribution in [3.05, 3.63) is 40.1 Å². The lowest BCUT2D eigenvalue weighted by Crippen LogP contribution is -2.13. The van der Waals surface area contributed by atoms with Crippen LogP contribution in [0, 0.1) is 0 Å². The first kappa shape index (κ1) is 14.6. The van der Waals surface area contributed by atoms with E-state index in [1.165, 1.54) is 14.2 Å². The largest absolute Gasteiger partial charge is 0.496 e. The van der Waals surface area contributed by atoms with Gasteiger partial charge in [0.15, 0.2) is 0 Å². The van der Waals surface area contributed by atoms with Gasteiger partial charge in [0.05, 0.1) is 26.7 Å². The summed E-state index contributed by atoms with van der Waals surface area (Å²) in [6.45, 7) is 0.633. The summed E-state index contributed by atoms with van der Waals surface area (Å²) >= 11 is 0. The predicted molar refractivity (Wildman–Crippen MR) is 90.8 cm³/mol. The molecule has 0 spiro atoms. The molecule has 2 atom stereocenters. The Balaban J connectivity index is 1.96. The first-order chi connectivity index (χ1) is 12.2. The van der Waals surface area contributed by atoms with Crippen molar-refractivity contribution in [3.63, 3.8) is 0 Å². The van der Waals surface area contributed by atoms with E-state index in [1.54, 1.807) is 24.3 Å². The summed E-state index contributed by atoms with van der Waals surface area (Å²) in [5.74, 6) is 1.63. The van der Waals surface area contributed by atoms with E-state index >= 15 is 0 Å². The second-order valence-electron chi connectivity index (χ2n) is 6.21. The summed E-state index contributed by atoms with van der Waals surface area (Å²) in [5, 5.41) is 0.822. The van der Waals surface area contributed by atoms with Gasteiger partial charge in [0.25, 0.3) is 0 Å². The maximum absolute atomic E-state index is 13.2. The molecule has 0 bridgehead atoms. The molecule has 1 fully saturated rings. The van der Waals surface area contributed by atoms with E-state index in [0.717, 1.165) is 12.0 Å². The maximum atomic E-state index is 13.2. The van der Waals surface area contributed by atoms with Crippen LogP contribution < -0.4 is 19.6 Å². The molecule has 0 N–H and O–H groups in total. The summed E-state index contributed by atoms with van der Waals surface area (Å²) in [6.07, 6.45) is 0.510. The Bertz CT molecular complexity index is 1070. The van der Waals surface area contributed by atoms with E-state index in [0.29, 0.717) is 45.8 Å². The van der Waals surface area contributed by atoms with Gasteiger partial charge in [0.1, 0.15) is 39.2 Å². The molecule has 0 amide bonds. The average Bonchev–Trinajstić information content (AvgIpc) is 3.20. The molecule has 0 radical (unpaired) electrons. The first-order valence-electron chi connectivity index (χ1n) is 8.15. The van der Waals surface area contributed by atoms with Gasteiger partial charge in [0.2, 0.25) is 11.7 Å². The quantitative estimate of drug-likeness (QED) is 0.668. The van der Waals surface area contributed by atoms with Gasteiger partial charge in [-0.3, -0.25) is 4.79 Å². The minimum absolute atomic E-state index is 0.0645.